The highest BCUT2D eigenvalue weighted by atomic mass is 16.6. The number of anilines is 1. The number of hydrogen-bond donors (Lipinski definition) is 3. The van der Waals surface area contributed by atoms with Gasteiger partial charge in [-0.25, -0.2) is 4.79 Å². The lowest BCUT2D eigenvalue weighted by atomic mass is 9.95. The number of amides is 3. The van der Waals surface area contributed by atoms with Gasteiger partial charge in [-0.15, -0.1) is 0 Å². The molecule has 3 aromatic carbocycles. The predicted octanol–water partition coefficient (Wildman–Crippen LogP) is 5.77. The Bertz CT molecular complexity index is 1320. The number of carbonyl (C=O) groups excluding carboxylic acids is 3. The van der Waals surface area contributed by atoms with Gasteiger partial charge in [0.1, 0.15) is 23.4 Å². The largest absolute Gasteiger partial charge is 0.508 e. The molecule has 0 fully saturated rings. The summed E-state index contributed by atoms with van der Waals surface area (Å²) in [7, 11) is 0. The molecule has 0 aliphatic rings. The second-order valence-electron chi connectivity index (χ2n) is 11.3. The Balaban J connectivity index is 2.01. The van der Waals surface area contributed by atoms with Gasteiger partial charge < -0.3 is 25.4 Å². The molecule has 3 amide bonds. The normalized spacial score (nSPS) is 13.3. The number of nitrogens with one attached hydrogen (secondary N) is 2. The quantitative estimate of drug-likeness (QED) is 0.383. The Labute approximate surface area is 224 Å². The summed E-state index contributed by atoms with van der Waals surface area (Å²) in [5.74, 6) is -1.14. The molecule has 0 bridgehead atoms. The fourth-order valence-electron chi connectivity index (χ4n) is 4.19. The van der Waals surface area contributed by atoms with Crippen LogP contribution >= 0.6 is 0 Å². The fraction of sp³-hybridized carbons (Fsp3) is 0.367. The molecule has 2 unspecified atom stereocenters. The Kier molecular flexibility index (Phi) is 8.35. The minimum absolute atomic E-state index is 0.124. The lowest BCUT2D eigenvalue weighted by Gasteiger charge is -2.42. The second kappa shape index (κ2) is 11.1. The van der Waals surface area contributed by atoms with E-state index in [4.69, 9.17) is 4.74 Å². The summed E-state index contributed by atoms with van der Waals surface area (Å²) < 4.78 is 5.31. The maximum absolute atomic E-state index is 13.9. The first-order chi connectivity index (χ1) is 17.7. The summed E-state index contributed by atoms with van der Waals surface area (Å²) in [4.78, 5) is 41.5. The zero-order chi connectivity index (χ0) is 28.3. The molecule has 0 radical (unpaired) electrons. The van der Waals surface area contributed by atoms with Crippen molar-refractivity contribution in [3.63, 3.8) is 0 Å². The van der Waals surface area contributed by atoms with Gasteiger partial charge in [0.15, 0.2) is 0 Å². The van der Waals surface area contributed by atoms with Crippen molar-refractivity contribution in [3.8, 4) is 5.75 Å². The average Bonchev–Trinajstić information content (AvgIpc) is 2.80. The predicted molar refractivity (Wildman–Crippen MR) is 149 cm³/mol. The summed E-state index contributed by atoms with van der Waals surface area (Å²) in [6, 6.07) is 17.5. The molecular formula is C30H37N3O5. The second-order valence-corrected chi connectivity index (χ2v) is 11.3. The molecule has 202 valence electrons. The number of aromatic hydroxyl groups is 1. The third-order valence-electron chi connectivity index (χ3n) is 5.82. The Morgan fingerprint density at radius 3 is 2.08 bits per heavy atom. The number of para-hydroxylation sites is 1. The van der Waals surface area contributed by atoms with E-state index in [1.54, 1.807) is 65.8 Å². The summed E-state index contributed by atoms with van der Waals surface area (Å²) in [6.45, 7) is 12.1. The molecule has 3 aromatic rings. The number of ether oxygens (including phenoxy) is 1. The number of nitrogens with zero attached hydrogens (tertiary/aromatic N) is 1. The zero-order valence-corrected chi connectivity index (χ0v) is 23.0. The Morgan fingerprint density at radius 1 is 0.868 bits per heavy atom. The average molecular weight is 520 g/mol. The number of benzene rings is 3. The number of hydrogen-bond acceptors (Lipinski definition) is 5. The van der Waals surface area contributed by atoms with Gasteiger partial charge in [-0.1, -0.05) is 48.5 Å². The molecule has 0 saturated carbocycles. The van der Waals surface area contributed by atoms with Crippen LogP contribution in [0.1, 0.15) is 60.1 Å². The number of fused-ring (bicyclic) bond motifs is 1. The van der Waals surface area contributed by atoms with Crippen LogP contribution in [0.4, 0.5) is 10.5 Å². The van der Waals surface area contributed by atoms with Crippen LogP contribution in [0.3, 0.4) is 0 Å². The van der Waals surface area contributed by atoms with Gasteiger partial charge in [0, 0.05) is 16.8 Å². The van der Waals surface area contributed by atoms with E-state index in [-0.39, 0.29) is 11.3 Å². The molecular weight excluding hydrogens is 482 g/mol. The smallest absolute Gasteiger partial charge is 0.408 e. The van der Waals surface area contributed by atoms with Crippen molar-refractivity contribution >= 4 is 34.4 Å². The van der Waals surface area contributed by atoms with Gasteiger partial charge in [0.05, 0.1) is 0 Å². The molecule has 8 nitrogen and oxygen atoms in total. The van der Waals surface area contributed by atoms with Crippen LogP contribution in [0.2, 0.25) is 0 Å². The van der Waals surface area contributed by atoms with Gasteiger partial charge in [0.2, 0.25) is 5.91 Å². The standard InChI is InChI=1S/C30H37N3O5/c1-19(31-28(37)38-30(5,6)7)27(36)33(29(2,3)4)25(23-14-10-11-15-24(23)34)26(35)32-22-17-16-20-12-8-9-13-21(20)18-22/h8-19,25,34H,1-7H3,(H,31,37)(H,32,35). The molecule has 3 rings (SSSR count). The first-order valence-electron chi connectivity index (χ1n) is 12.6. The molecule has 0 aromatic heterocycles. The molecule has 8 heteroatoms. The topological polar surface area (TPSA) is 108 Å². The molecule has 0 saturated heterocycles. The van der Waals surface area contributed by atoms with E-state index in [9.17, 15) is 19.5 Å². The number of alkyl carbamates (subject to hydrolysis) is 1. The maximum atomic E-state index is 13.9. The van der Waals surface area contributed by atoms with E-state index in [1.165, 1.54) is 17.9 Å². The van der Waals surface area contributed by atoms with Crippen molar-refractivity contribution in [2.24, 2.45) is 0 Å². The monoisotopic (exact) mass is 519 g/mol. The van der Waals surface area contributed by atoms with Crippen molar-refractivity contribution in [1.82, 2.24) is 10.2 Å². The highest BCUT2D eigenvalue weighted by Crippen LogP contribution is 2.35. The van der Waals surface area contributed by atoms with E-state index in [0.717, 1.165) is 10.8 Å². The van der Waals surface area contributed by atoms with Crippen LogP contribution < -0.4 is 10.6 Å². The first kappa shape index (κ1) is 28.5. The van der Waals surface area contributed by atoms with E-state index in [0.29, 0.717) is 5.69 Å². The van der Waals surface area contributed by atoms with E-state index in [1.807, 2.05) is 36.4 Å². The van der Waals surface area contributed by atoms with Gasteiger partial charge >= 0.3 is 6.09 Å². The molecule has 0 aliphatic carbocycles. The van der Waals surface area contributed by atoms with Gasteiger partial charge in [-0.3, -0.25) is 9.59 Å². The maximum Gasteiger partial charge on any atom is 0.408 e. The fourth-order valence-corrected chi connectivity index (χ4v) is 4.19. The van der Waals surface area contributed by atoms with Crippen LogP contribution in [-0.4, -0.2) is 45.1 Å². The molecule has 0 spiro atoms. The zero-order valence-electron chi connectivity index (χ0n) is 23.0. The van der Waals surface area contributed by atoms with E-state index in [2.05, 4.69) is 10.6 Å². The molecule has 38 heavy (non-hydrogen) atoms. The van der Waals surface area contributed by atoms with E-state index >= 15 is 0 Å². The molecule has 2 atom stereocenters. The van der Waals surface area contributed by atoms with Crippen LogP contribution in [0.15, 0.2) is 66.7 Å². The number of carbonyl (C=O) groups is 3. The minimum atomic E-state index is -1.20. The summed E-state index contributed by atoms with van der Waals surface area (Å²) >= 11 is 0. The van der Waals surface area contributed by atoms with E-state index < -0.39 is 41.1 Å². The summed E-state index contributed by atoms with van der Waals surface area (Å²) in [5, 5.41) is 18.2. The van der Waals surface area contributed by atoms with Crippen molar-refractivity contribution in [2.75, 3.05) is 5.32 Å². The van der Waals surface area contributed by atoms with Gasteiger partial charge in [-0.2, -0.15) is 0 Å². The highest BCUT2D eigenvalue weighted by molar-refractivity contribution is 6.01. The third-order valence-corrected chi connectivity index (χ3v) is 5.82. The van der Waals surface area contributed by atoms with Crippen LogP contribution in [0.5, 0.6) is 5.75 Å². The SMILES string of the molecule is CC(NC(=O)OC(C)(C)C)C(=O)N(C(C(=O)Nc1ccc2ccccc2c1)c1ccccc1O)C(C)(C)C. The minimum Gasteiger partial charge on any atom is -0.508 e. The summed E-state index contributed by atoms with van der Waals surface area (Å²) in [6.07, 6.45) is -0.744. The number of rotatable bonds is 6. The highest BCUT2D eigenvalue weighted by Gasteiger charge is 2.41. The molecule has 3 N–H and O–H groups in total. The molecule has 0 heterocycles. The summed E-state index contributed by atoms with van der Waals surface area (Å²) in [5.41, 5.74) is -0.794. The van der Waals surface area contributed by atoms with Crippen molar-refractivity contribution in [2.45, 2.75) is 71.7 Å². The van der Waals surface area contributed by atoms with Gasteiger partial charge in [-0.05, 0) is 77.4 Å². The van der Waals surface area contributed by atoms with Crippen LogP contribution in [0.25, 0.3) is 10.8 Å². The Hall–Kier alpha value is -4.07. The third kappa shape index (κ3) is 7.03. The van der Waals surface area contributed by atoms with Crippen molar-refractivity contribution < 1.29 is 24.2 Å². The van der Waals surface area contributed by atoms with Crippen LogP contribution in [0, 0.1) is 0 Å². The Morgan fingerprint density at radius 2 is 1.47 bits per heavy atom. The van der Waals surface area contributed by atoms with Gasteiger partial charge in [0.25, 0.3) is 5.91 Å². The van der Waals surface area contributed by atoms with Crippen molar-refractivity contribution in [1.29, 1.82) is 0 Å². The lowest BCUT2D eigenvalue weighted by molar-refractivity contribution is -0.146. The van der Waals surface area contributed by atoms with Crippen molar-refractivity contribution in [3.05, 3.63) is 72.3 Å². The first-order valence-corrected chi connectivity index (χ1v) is 12.6. The molecule has 0 aliphatic heterocycles. The van der Waals surface area contributed by atoms with Crippen LogP contribution in [-0.2, 0) is 14.3 Å². The number of phenols is 1. The number of phenolic OH excluding ortho intramolecular Hbond substituents is 1. The lowest BCUT2D eigenvalue weighted by Crippen LogP contribution is -2.57.